The maximum absolute atomic E-state index is 11.9. The van der Waals surface area contributed by atoms with E-state index in [1.165, 1.54) is 14.2 Å². The number of carboxylic acids is 1. The Labute approximate surface area is 124 Å². The van der Waals surface area contributed by atoms with Gasteiger partial charge in [-0.15, -0.1) is 0 Å². The van der Waals surface area contributed by atoms with Crippen LogP contribution in [0.4, 0.5) is 0 Å². The number of carbonyl (C=O) groups excluding carboxylic acids is 1. The first-order valence-electron chi connectivity index (χ1n) is 6.51. The third-order valence-electron chi connectivity index (χ3n) is 3.12. The van der Waals surface area contributed by atoms with Gasteiger partial charge in [-0.05, 0) is 31.5 Å². The second-order valence-electron chi connectivity index (χ2n) is 5.33. The highest BCUT2D eigenvalue weighted by atomic mass is 16.5. The zero-order chi connectivity index (χ0) is 16.0. The molecule has 1 amide bonds. The van der Waals surface area contributed by atoms with E-state index in [1.807, 2.05) is 0 Å². The maximum atomic E-state index is 11.9. The first-order chi connectivity index (χ1) is 9.80. The lowest BCUT2D eigenvalue weighted by Gasteiger charge is -2.19. The zero-order valence-electron chi connectivity index (χ0n) is 12.7. The lowest BCUT2D eigenvalue weighted by Crippen LogP contribution is -2.39. The van der Waals surface area contributed by atoms with Crippen LogP contribution in [0, 0.1) is 5.41 Å². The zero-order valence-corrected chi connectivity index (χ0v) is 12.7. The number of nitrogens with one attached hydrogen (secondary N) is 1. The smallest absolute Gasteiger partial charge is 0.310 e. The van der Waals surface area contributed by atoms with Crippen molar-refractivity contribution < 1.29 is 24.2 Å². The molecule has 2 N–H and O–H groups in total. The van der Waals surface area contributed by atoms with Crippen molar-refractivity contribution in [1.29, 1.82) is 0 Å². The number of hydrogen-bond acceptors (Lipinski definition) is 4. The molecule has 1 rings (SSSR count). The molecule has 6 heteroatoms. The van der Waals surface area contributed by atoms with Gasteiger partial charge >= 0.3 is 5.97 Å². The largest absolute Gasteiger partial charge is 0.493 e. The van der Waals surface area contributed by atoms with Crippen LogP contribution in [0.25, 0.3) is 0 Å². The highest BCUT2D eigenvalue weighted by Gasteiger charge is 2.27. The molecule has 0 saturated carbocycles. The van der Waals surface area contributed by atoms with Crippen molar-refractivity contribution >= 4 is 11.9 Å². The normalized spacial score (nSPS) is 10.9. The quantitative estimate of drug-likeness (QED) is 0.795. The van der Waals surface area contributed by atoms with Gasteiger partial charge in [0.2, 0.25) is 5.91 Å². The number of aliphatic carboxylic acids is 1. The molecule has 6 nitrogen and oxygen atoms in total. The lowest BCUT2D eigenvalue weighted by atomic mass is 9.94. The predicted molar refractivity (Wildman–Crippen MR) is 77.7 cm³/mol. The van der Waals surface area contributed by atoms with Crippen LogP contribution in [0.15, 0.2) is 18.2 Å². The minimum Gasteiger partial charge on any atom is -0.493 e. The van der Waals surface area contributed by atoms with Crippen LogP contribution in [0.2, 0.25) is 0 Å². The minimum atomic E-state index is -0.993. The Balaban J connectivity index is 2.65. The first kappa shape index (κ1) is 16.8. The molecule has 0 radical (unpaired) electrons. The minimum absolute atomic E-state index is 0.0778. The molecule has 1 aromatic rings. The van der Waals surface area contributed by atoms with Gasteiger partial charge in [-0.1, -0.05) is 6.07 Å². The van der Waals surface area contributed by atoms with Gasteiger partial charge in [-0.25, -0.2) is 0 Å². The summed E-state index contributed by atoms with van der Waals surface area (Å²) in [7, 11) is 3.06. The molecule has 0 bridgehead atoms. The fraction of sp³-hybridized carbons (Fsp3) is 0.467. The fourth-order valence-corrected chi connectivity index (χ4v) is 1.63. The number of benzene rings is 1. The SMILES string of the molecule is COc1ccc(CC(=O)NCC(C)(C)C(=O)O)cc1OC. The number of amides is 1. The summed E-state index contributed by atoms with van der Waals surface area (Å²) in [6.07, 6.45) is 0.149. The summed E-state index contributed by atoms with van der Waals surface area (Å²) in [5, 5.41) is 11.6. The molecular weight excluding hydrogens is 274 g/mol. The second-order valence-corrected chi connectivity index (χ2v) is 5.33. The fourth-order valence-electron chi connectivity index (χ4n) is 1.63. The summed E-state index contributed by atoms with van der Waals surface area (Å²) in [6.45, 7) is 3.20. The molecule has 0 saturated heterocycles. The van der Waals surface area contributed by atoms with Gasteiger partial charge in [-0.2, -0.15) is 0 Å². The Bertz CT molecular complexity index is 525. The molecular formula is C15H21NO5. The Morgan fingerprint density at radius 1 is 1.19 bits per heavy atom. The van der Waals surface area contributed by atoms with Crippen LogP contribution in [0.5, 0.6) is 11.5 Å². The molecule has 0 aliphatic heterocycles. The number of rotatable bonds is 7. The molecule has 0 aliphatic rings. The van der Waals surface area contributed by atoms with Gasteiger partial charge in [0.1, 0.15) is 0 Å². The van der Waals surface area contributed by atoms with E-state index in [-0.39, 0.29) is 18.9 Å². The van der Waals surface area contributed by atoms with Gasteiger partial charge in [0.05, 0.1) is 26.1 Å². The Morgan fingerprint density at radius 3 is 2.33 bits per heavy atom. The van der Waals surface area contributed by atoms with Gasteiger partial charge in [0, 0.05) is 6.54 Å². The second kappa shape index (κ2) is 6.97. The van der Waals surface area contributed by atoms with Crippen LogP contribution in [0.3, 0.4) is 0 Å². The van der Waals surface area contributed by atoms with Crippen LogP contribution in [-0.4, -0.2) is 37.7 Å². The van der Waals surface area contributed by atoms with Crippen LogP contribution < -0.4 is 14.8 Å². The summed E-state index contributed by atoms with van der Waals surface area (Å²) in [5.74, 6) is -0.0483. The van der Waals surface area contributed by atoms with E-state index >= 15 is 0 Å². The number of hydrogen-bond donors (Lipinski definition) is 2. The van der Waals surface area contributed by atoms with Crippen molar-refractivity contribution in [2.24, 2.45) is 5.41 Å². The highest BCUT2D eigenvalue weighted by Crippen LogP contribution is 2.27. The molecule has 0 aromatic heterocycles. The van der Waals surface area contributed by atoms with Crippen molar-refractivity contribution in [2.45, 2.75) is 20.3 Å². The first-order valence-corrected chi connectivity index (χ1v) is 6.51. The molecule has 0 spiro atoms. The molecule has 116 valence electrons. The average Bonchev–Trinajstić information content (AvgIpc) is 2.45. The van der Waals surface area contributed by atoms with E-state index < -0.39 is 11.4 Å². The summed E-state index contributed by atoms with van der Waals surface area (Å²) < 4.78 is 10.3. The number of ether oxygens (including phenoxy) is 2. The van der Waals surface area contributed by atoms with Crippen molar-refractivity contribution in [3.05, 3.63) is 23.8 Å². The third-order valence-corrected chi connectivity index (χ3v) is 3.12. The number of methoxy groups -OCH3 is 2. The van der Waals surface area contributed by atoms with Gasteiger partial charge in [0.15, 0.2) is 11.5 Å². The average molecular weight is 295 g/mol. The van der Waals surface area contributed by atoms with Crippen molar-refractivity contribution in [3.63, 3.8) is 0 Å². The van der Waals surface area contributed by atoms with E-state index in [0.29, 0.717) is 11.5 Å². The number of carboxylic acid groups (broad SMARTS) is 1. The maximum Gasteiger partial charge on any atom is 0.310 e. The summed E-state index contributed by atoms with van der Waals surface area (Å²) >= 11 is 0. The van der Waals surface area contributed by atoms with E-state index in [1.54, 1.807) is 32.0 Å². The molecule has 1 aromatic carbocycles. The summed E-state index contributed by atoms with van der Waals surface area (Å²) in [6, 6.07) is 5.21. The van der Waals surface area contributed by atoms with Crippen molar-refractivity contribution in [2.75, 3.05) is 20.8 Å². The Morgan fingerprint density at radius 2 is 1.81 bits per heavy atom. The number of carbonyl (C=O) groups is 2. The Kier molecular flexibility index (Phi) is 5.58. The van der Waals surface area contributed by atoms with Crippen LogP contribution >= 0.6 is 0 Å². The summed E-state index contributed by atoms with van der Waals surface area (Å²) in [4.78, 5) is 22.8. The standard InChI is InChI=1S/C15H21NO5/c1-15(2,14(18)19)9-16-13(17)8-10-5-6-11(20-3)12(7-10)21-4/h5-7H,8-9H2,1-4H3,(H,16,17)(H,18,19). The highest BCUT2D eigenvalue weighted by molar-refractivity contribution is 5.80. The summed E-state index contributed by atoms with van der Waals surface area (Å²) in [5.41, 5.74) is -0.231. The third kappa shape index (κ3) is 4.66. The van der Waals surface area contributed by atoms with E-state index in [2.05, 4.69) is 5.32 Å². The molecule has 0 unspecified atom stereocenters. The molecule has 0 atom stereocenters. The molecule has 0 fully saturated rings. The van der Waals surface area contributed by atoms with Crippen LogP contribution in [0.1, 0.15) is 19.4 Å². The van der Waals surface area contributed by atoms with Crippen molar-refractivity contribution in [3.8, 4) is 11.5 Å². The van der Waals surface area contributed by atoms with Crippen LogP contribution in [-0.2, 0) is 16.0 Å². The lowest BCUT2D eigenvalue weighted by molar-refractivity contribution is -0.146. The monoisotopic (exact) mass is 295 g/mol. The Hall–Kier alpha value is -2.24. The molecule has 0 heterocycles. The molecule has 21 heavy (non-hydrogen) atoms. The topological polar surface area (TPSA) is 84.9 Å². The van der Waals surface area contributed by atoms with E-state index in [9.17, 15) is 9.59 Å². The van der Waals surface area contributed by atoms with Crippen molar-refractivity contribution in [1.82, 2.24) is 5.32 Å². The van der Waals surface area contributed by atoms with Gasteiger partial charge in [-0.3, -0.25) is 9.59 Å². The van der Waals surface area contributed by atoms with E-state index in [0.717, 1.165) is 5.56 Å². The predicted octanol–water partition coefficient (Wildman–Crippen LogP) is 1.47. The molecule has 0 aliphatic carbocycles. The van der Waals surface area contributed by atoms with E-state index in [4.69, 9.17) is 14.6 Å². The van der Waals surface area contributed by atoms with Gasteiger partial charge in [0.25, 0.3) is 0 Å². The van der Waals surface area contributed by atoms with Gasteiger partial charge < -0.3 is 19.9 Å².